The maximum absolute atomic E-state index is 13.8. The Kier molecular flexibility index (Phi) is 5.53. The zero-order valence-electron chi connectivity index (χ0n) is 19.0. The van der Waals surface area contributed by atoms with Crippen molar-refractivity contribution in [2.24, 2.45) is 0 Å². The molecule has 6 rings (SSSR count). The largest absolute Gasteiger partial charge is 0.360 e. The molecule has 1 N–H and O–H groups in total. The van der Waals surface area contributed by atoms with E-state index in [9.17, 15) is 13.2 Å². The van der Waals surface area contributed by atoms with Crippen LogP contribution in [0.5, 0.6) is 0 Å². The van der Waals surface area contributed by atoms with E-state index in [2.05, 4.69) is 20.9 Å². The quantitative estimate of drug-likeness (QED) is 0.355. The number of fused-ring (bicyclic) bond motifs is 1. The van der Waals surface area contributed by atoms with E-state index in [4.69, 9.17) is 0 Å². The van der Waals surface area contributed by atoms with Crippen LogP contribution in [0.15, 0.2) is 79.3 Å². The summed E-state index contributed by atoms with van der Waals surface area (Å²) in [4.78, 5) is 10.0. The molecule has 0 unspecified atom stereocenters. The lowest BCUT2D eigenvalue weighted by molar-refractivity contribution is 0.286. The first kappa shape index (κ1) is 21.9. The zero-order chi connectivity index (χ0) is 23.9. The molecule has 4 aromatic rings. The summed E-state index contributed by atoms with van der Waals surface area (Å²) in [6.45, 7) is 1.74. The lowest BCUT2D eigenvalue weighted by atomic mass is 9.90. The van der Waals surface area contributed by atoms with Crippen LogP contribution in [-0.2, 0) is 0 Å². The molecule has 0 saturated carbocycles. The average molecular weight is 472 g/mol. The molecule has 176 valence electrons. The number of nitrogens with zero attached hydrogens (tertiary/aromatic N) is 2. The SMILES string of the molecule is Fc1ccc(-c2[nH]cc(C3=C[C@@H]4C[C@@H](c5ccc(F)c(F)c5)CN4CC3)c2-c2ccncc2)cc1. The third kappa shape index (κ3) is 4.08. The Balaban J connectivity index is 1.36. The summed E-state index contributed by atoms with van der Waals surface area (Å²) in [5.41, 5.74) is 7.23. The summed E-state index contributed by atoms with van der Waals surface area (Å²) in [6.07, 6.45) is 9.68. The van der Waals surface area contributed by atoms with E-state index in [1.54, 1.807) is 30.6 Å². The summed E-state index contributed by atoms with van der Waals surface area (Å²) < 4.78 is 40.8. The smallest absolute Gasteiger partial charge is 0.159 e. The van der Waals surface area contributed by atoms with Gasteiger partial charge in [-0.3, -0.25) is 9.88 Å². The van der Waals surface area contributed by atoms with E-state index < -0.39 is 11.6 Å². The highest BCUT2D eigenvalue weighted by Gasteiger charge is 2.35. The number of hydrogen-bond acceptors (Lipinski definition) is 2. The van der Waals surface area contributed by atoms with Crippen LogP contribution in [0, 0.1) is 17.5 Å². The molecule has 35 heavy (non-hydrogen) atoms. The second kappa shape index (κ2) is 8.86. The Hall–Kier alpha value is -3.64. The molecule has 2 aromatic heterocycles. The molecular weight excluding hydrogens is 447 g/mol. The van der Waals surface area contributed by atoms with Gasteiger partial charge < -0.3 is 4.98 Å². The number of hydrogen-bond donors (Lipinski definition) is 1. The first-order valence-electron chi connectivity index (χ1n) is 11.8. The molecule has 0 bridgehead atoms. The molecular formula is C29H24F3N3. The van der Waals surface area contributed by atoms with Crippen LogP contribution < -0.4 is 0 Å². The Morgan fingerprint density at radius 2 is 1.69 bits per heavy atom. The number of aromatic nitrogens is 2. The van der Waals surface area contributed by atoms with Gasteiger partial charge in [0.25, 0.3) is 0 Å². The minimum atomic E-state index is -0.806. The van der Waals surface area contributed by atoms with Gasteiger partial charge >= 0.3 is 0 Å². The predicted octanol–water partition coefficient (Wildman–Crippen LogP) is 6.81. The Morgan fingerprint density at radius 3 is 2.46 bits per heavy atom. The maximum Gasteiger partial charge on any atom is 0.159 e. The van der Waals surface area contributed by atoms with Crippen LogP contribution in [0.2, 0.25) is 0 Å². The number of nitrogens with one attached hydrogen (secondary N) is 1. The van der Waals surface area contributed by atoms with Crippen molar-refractivity contribution in [1.29, 1.82) is 0 Å². The molecule has 2 aliphatic rings. The minimum Gasteiger partial charge on any atom is -0.360 e. The Bertz CT molecular complexity index is 1390. The van der Waals surface area contributed by atoms with E-state index in [0.29, 0.717) is 0 Å². The van der Waals surface area contributed by atoms with Gasteiger partial charge in [0.2, 0.25) is 0 Å². The average Bonchev–Trinajstić information content (AvgIpc) is 3.51. The standard InChI is InChI=1S/C29H24F3N3/c30-23-4-1-19(2-5-23)29-28(18-7-10-33-11-8-18)25(16-34-29)21-9-12-35-17-22(14-24(35)13-21)20-3-6-26(31)27(32)15-20/h1-8,10-11,13,15-16,22,24,34H,9,12,14,17H2/t22-,24-/m1/s1. The van der Waals surface area contributed by atoms with Gasteiger partial charge in [-0.15, -0.1) is 0 Å². The van der Waals surface area contributed by atoms with Gasteiger partial charge in [0.05, 0.1) is 5.69 Å². The fourth-order valence-electron chi connectivity index (χ4n) is 5.52. The normalized spacial score (nSPS) is 20.0. The fraction of sp³-hybridized carbons (Fsp3) is 0.207. The summed E-state index contributed by atoms with van der Waals surface area (Å²) in [5, 5.41) is 0. The highest BCUT2D eigenvalue weighted by molar-refractivity contribution is 5.91. The Labute approximate surface area is 202 Å². The van der Waals surface area contributed by atoms with E-state index in [1.165, 1.54) is 29.8 Å². The van der Waals surface area contributed by atoms with Crippen LogP contribution in [0.1, 0.15) is 29.9 Å². The van der Waals surface area contributed by atoms with Crippen LogP contribution in [0.25, 0.3) is 28.0 Å². The van der Waals surface area contributed by atoms with Gasteiger partial charge in [0.15, 0.2) is 11.6 Å². The minimum absolute atomic E-state index is 0.173. The molecule has 4 heterocycles. The van der Waals surface area contributed by atoms with Crippen molar-refractivity contribution >= 4 is 5.57 Å². The summed E-state index contributed by atoms with van der Waals surface area (Å²) >= 11 is 0. The molecule has 0 amide bonds. The van der Waals surface area contributed by atoms with Crippen molar-refractivity contribution < 1.29 is 13.2 Å². The lowest BCUT2D eigenvalue weighted by Gasteiger charge is -2.28. The van der Waals surface area contributed by atoms with E-state index in [-0.39, 0.29) is 17.8 Å². The van der Waals surface area contributed by atoms with Crippen molar-refractivity contribution in [3.8, 4) is 22.4 Å². The van der Waals surface area contributed by atoms with Gasteiger partial charge in [-0.2, -0.15) is 0 Å². The Morgan fingerprint density at radius 1 is 0.886 bits per heavy atom. The lowest BCUT2D eigenvalue weighted by Crippen LogP contribution is -2.32. The molecule has 2 aromatic carbocycles. The molecule has 2 atom stereocenters. The van der Waals surface area contributed by atoms with Crippen LogP contribution in [0.4, 0.5) is 13.2 Å². The first-order valence-corrected chi connectivity index (χ1v) is 11.8. The monoisotopic (exact) mass is 471 g/mol. The topological polar surface area (TPSA) is 31.9 Å². The number of pyridine rings is 1. The zero-order valence-corrected chi connectivity index (χ0v) is 19.0. The number of benzene rings is 2. The number of H-pyrrole nitrogens is 1. The number of rotatable bonds is 4. The van der Waals surface area contributed by atoms with Crippen LogP contribution >= 0.6 is 0 Å². The molecule has 3 nitrogen and oxygen atoms in total. The third-order valence-electron chi connectivity index (χ3n) is 7.25. The molecule has 0 radical (unpaired) electrons. The maximum atomic E-state index is 13.8. The van der Waals surface area contributed by atoms with Crippen LogP contribution in [0.3, 0.4) is 0 Å². The molecule has 1 fully saturated rings. The molecule has 1 saturated heterocycles. The van der Waals surface area contributed by atoms with Gasteiger partial charge in [-0.1, -0.05) is 12.1 Å². The third-order valence-corrected chi connectivity index (χ3v) is 7.25. The molecule has 0 spiro atoms. The highest BCUT2D eigenvalue weighted by Crippen LogP contribution is 2.42. The van der Waals surface area contributed by atoms with Crippen LogP contribution in [-0.4, -0.2) is 34.0 Å². The molecule has 0 aliphatic carbocycles. The van der Waals surface area contributed by atoms with E-state index in [1.807, 2.05) is 18.3 Å². The second-order valence-corrected chi connectivity index (χ2v) is 9.31. The van der Waals surface area contributed by atoms with Crippen molar-refractivity contribution in [3.05, 3.63) is 108 Å². The van der Waals surface area contributed by atoms with Gasteiger partial charge in [-0.25, -0.2) is 13.2 Å². The summed E-state index contributed by atoms with van der Waals surface area (Å²) in [6, 6.07) is 15.0. The number of aromatic amines is 1. The predicted molar refractivity (Wildman–Crippen MR) is 131 cm³/mol. The number of halogens is 3. The molecule has 2 aliphatic heterocycles. The van der Waals surface area contributed by atoms with Crippen molar-refractivity contribution in [2.45, 2.75) is 24.8 Å². The second-order valence-electron chi connectivity index (χ2n) is 9.31. The van der Waals surface area contributed by atoms with Gasteiger partial charge in [0, 0.05) is 48.8 Å². The van der Waals surface area contributed by atoms with Crippen molar-refractivity contribution in [2.75, 3.05) is 13.1 Å². The molecule has 6 heteroatoms. The first-order chi connectivity index (χ1) is 17.1. The van der Waals surface area contributed by atoms with E-state index in [0.717, 1.165) is 59.4 Å². The summed E-state index contributed by atoms with van der Waals surface area (Å²) in [5.74, 6) is -1.68. The van der Waals surface area contributed by atoms with Crippen molar-refractivity contribution in [1.82, 2.24) is 14.9 Å². The van der Waals surface area contributed by atoms with Gasteiger partial charge in [-0.05, 0) is 89.6 Å². The van der Waals surface area contributed by atoms with Crippen molar-refractivity contribution in [3.63, 3.8) is 0 Å². The van der Waals surface area contributed by atoms with Gasteiger partial charge in [0.1, 0.15) is 5.82 Å². The van der Waals surface area contributed by atoms with E-state index >= 15 is 0 Å². The highest BCUT2D eigenvalue weighted by atomic mass is 19.2. The fourth-order valence-corrected chi connectivity index (χ4v) is 5.52. The summed E-state index contributed by atoms with van der Waals surface area (Å²) in [7, 11) is 0.